The third-order valence-electron chi connectivity index (χ3n) is 2.85. The van der Waals surface area contributed by atoms with E-state index in [2.05, 4.69) is 10.6 Å². The smallest absolute Gasteiger partial charge is 0.274 e. The Bertz CT molecular complexity index is 514. The summed E-state index contributed by atoms with van der Waals surface area (Å²) in [6.07, 6.45) is 0.524. The van der Waals surface area contributed by atoms with Gasteiger partial charge in [0.25, 0.3) is 6.20 Å². The average Bonchev–Trinajstić information content (AvgIpc) is 3.16. The second-order valence-corrected chi connectivity index (χ2v) is 5.54. The van der Waals surface area contributed by atoms with Crippen molar-refractivity contribution in [1.82, 2.24) is 10.6 Å². The first-order chi connectivity index (χ1) is 10.7. The molecule has 0 bridgehead atoms. The second kappa shape index (κ2) is 8.66. The first kappa shape index (κ1) is 16.7. The Balaban J connectivity index is 1.65. The molecule has 0 radical (unpaired) electrons. The standard InChI is InChI=1S/C13H19N3O5S/c1-14-12(8-16(17)18)15-4-7-22-9-10-2-3-11(21-10)13-19-5-6-20-13/h2-3,8,13-15H,4-7,9H2,1H3/b12-8+. The summed E-state index contributed by atoms with van der Waals surface area (Å²) in [6.45, 7) is 1.80. The van der Waals surface area contributed by atoms with Crippen LogP contribution in [0.5, 0.6) is 0 Å². The maximum absolute atomic E-state index is 10.4. The van der Waals surface area contributed by atoms with Gasteiger partial charge in [0.15, 0.2) is 11.6 Å². The van der Waals surface area contributed by atoms with Gasteiger partial charge in [-0.05, 0) is 12.1 Å². The van der Waals surface area contributed by atoms with Crippen LogP contribution in [-0.2, 0) is 15.2 Å². The minimum absolute atomic E-state index is 0.383. The lowest BCUT2D eigenvalue weighted by atomic mass is 10.4. The maximum atomic E-state index is 10.4. The highest BCUT2D eigenvalue weighted by molar-refractivity contribution is 7.98. The summed E-state index contributed by atoms with van der Waals surface area (Å²) in [4.78, 5) is 9.87. The fraction of sp³-hybridized carbons (Fsp3) is 0.538. The summed E-state index contributed by atoms with van der Waals surface area (Å²) >= 11 is 1.67. The lowest BCUT2D eigenvalue weighted by Gasteiger charge is -2.07. The minimum atomic E-state index is -0.497. The molecule has 9 heteroatoms. The molecule has 1 aliphatic rings. The summed E-state index contributed by atoms with van der Waals surface area (Å²) in [6, 6.07) is 3.77. The number of nitrogens with one attached hydrogen (secondary N) is 2. The van der Waals surface area contributed by atoms with Crippen LogP contribution >= 0.6 is 11.8 Å². The highest BCUT2D eigenvalue weighted by atomic mass is 32.2. The second-order valence-electron chi connectivity index (χ2n) is 4.44. The lowest BCUT2D eigenvalue weighted by Crippen LogP contribution is -2.26. The molecule has 1 aromatic rings. The van der Waals surface area contributed by atoms with E-state index in [1.54, 1.807) is 18.8 Å². The molecule has 1 fully saturated rings. The Labute approximate surface area is 132 Å². The van der Waals surface area contributed by atoms with Gasteiger partial charge in [-0.1, -0.05) is 0 Å². The Kier molecular flexibility index (Phi) is 6.56. The number of thioether (sulfide) groups is 1. The first-order valence-electron chi connectivity index (χ1n) is 6.85. The molecule has 0 unspecified atom stereocenters. The van der Waals surface area contributed by atoms with Crippen LogP contribution in [0.3, 0.4) is 0 Å². The molecule has 0 spiro atoms. The number of furan rings is 1. The van der Waals surface area contributed by atoms with E-state index in [0.29, 0.717) is 31.3 Å². The Morgan fingerprint density at radius 2 is 2.27 bits per heavy atom. The number of hydrogen-bond donors (Lipinski definition) is 2. The van der Waals surface area contributed by atoms with Gasteiger partial charge in [0, 0.05) is 19.3 Å². The van der Waals surface area contributed by atoms with Crippen LogP contribution in [0, 0.1) is 10.1 Å². The summed E-state index contributed by atoms with van der Waals surface area (Å²) < 4.78 is 16.4. The zero-order valence-electron chi connectivity index (χ0n) is 12.2. The van der Waals surface area contributed by atoms with Gasteiger partial charge in [0.1, 0.15) is 5.76 Å². The van der Waals surface area contributed by atoms with E-state index in [4.69, 9.17) is 13.9 Å². The van der Waals surface area contributed by atoms with Crippen LogP contribution in [-0.4, -0.2) is 37.5 Å². The van der Waals surface area contributed by atoms with Crippen molar-refractivity contribution >= 4 is 11.8 Å². The quantitative estimate of drug-likeness (QED) is 0.399. The lowest BCUT2D eigenvalue weighted by molar-refractivity contribution is -0.404. The van der Waals surface area contributed by atoms with E-state index in [1.165, 1.54) is 0 Å². The van der Waals surface area contributed by atoms with Crippen molar-refractivity contribution in [2.75, 3.05) is 32.6 Å². The van der Waals surface area contributed by atoms with Crippen molar-refractivity contribution in [2.45, 2.75) is 12.0 Å². The van der Waals surface area contributed by atoms with Crippen molar-refractivity contribution in [3.8, 4) is 0 Å². The van der Waals surface area contributed by atoms with Crippen molar-refractivity contribution < 1.29 is 18.8 Å². The Hall–Kier alpha value is -1.71. The van der Waals surface area contributed by atoms with Crippen molar-refractivity contribution in [3.63, 3.8) is 0 Å². The van der Waals surface area contributed by atoms with E-state index in [1.807, 2.05) is 12.1 Å². The zero-order chi connectivity index (χ0) is 15.8. The molecule has 122 valence electrons. The van der Waals surface area contributed by atoms with E-state index in [0.717, 1.165) is 23.5 Å². The largest absolute Gasteiger partial charge is 0.460 e. The molecule has 2 rings (SSSR count). The molecule has 2 heterocycles. The van der Waals surface area contributed by atoms with Crippen LogP contribution in [0.2, 0.25) is 0 Å². The predicted octanol–water partition coefficient (Wildman–Crippen LogP) is 1.44. The molecule has 1 aromatic heterocycles. The van der Waals surface area contributed by atoms with Gasteiger partial charge in [-0.2, -0.15) is 11.8 Å². The number of nitrogens with zero attached hydrogens (tertiary/aromatic N) is 1. The number of rotatable bonds is 9. The first-order valence-corrected chi connectivity index (χ1v) is 8.01. The van der Waals surface area contributed by atoms with Gasteiger partial charge in [0.05, 0.1) is 23.9 Å². The molecule has 22 heavy (non-hydrogen) atoms. The molecule has 2 N–H and O–H groups in total. The molecular weight excluding hydrogens is 310 g/mol. The monoisotopic (exact) mass is 329 g/mol. The molecule has 1 saturated heterocycles. The van der Waals surface area contributed by atoms with Crippen LogP contribution in [0.15, 0.2) is 28.6 Å². The molecule has 0 atom stereocenters. The van der Waals surface area contributed by atoms with E-state index in [-0.39, 0.29) is 6.29 Å². The van der Waals surface area contributed by atoms with Crippen LogP contribution in [0.1, 0.15) is 17.8 Å². The third-order valence-corrected chi connectivity index (χ3v) is 3.83. The molecule has 0 aliphatic carbocycles. The van der Waals surface area contributed by atoms with Gasteiger partial charge in [0.2, 0.25) is 6.29 Å². The summed E-state index contributed by atoms with van der Waals surface area (Å²) in [5.74, 6) is 3.46. The summed E-state index contributed by atoms with van der Waals surface area (Å²) in [7, 11) is 1.63. The molecule has 0 aromatic carbocycles. The van der Waals surface area contributed by atoms with Crippen LogP contribution < -0.4 is 10.6 Å². The molecular formula is C13H19N3O5S. The summed E-state index contributed by atoms with van der Waals surface area (Å²) in [5, 5.41) is 16.0. The van der Waals surface area contributed by atoms with Gasteiger partial charge < -0.3 is 24.5 Å². The van der Waals surface area contributed by atoms with Crippen molar-refractivity contribution in [1.29, 1.82) is 0 Å². The van der Waals surface area contributed by atoms with Gasteiger partial charge in [-0.15, -0.1) is 0 Å². The molecule has 0 amide bonds. The fourth-order valence-corrected chi connectivity index (χ4v) is 2.60. The molecule has 0 saturated carbocycles. The normalized spacial score (nSPS) is 16.0. The maximum Gasteiger partial charge on any atom is 0.274 e. The van der Waals surface area contributed by atoms with Gasteiger partial charge in [-0.25, -0.2) is 0 Å². The molecule has 1 aliphatic heterocycles. The highest BCUT2D eigenvalue weighted by Crippen LogP contribution is 2.26. The number of ether oxygens (including phenoxy) is 2. The van der Waals surface area contributed by atoms with Crippen LogP contribution in [0.4, 0.5) is 0 Å². The van der Waals surface area contributed by atoms with Crippen LogP contribution in [0.25, 0.3) is 0 Å². The number of hydrogen-bond acceptors (Lipinski definition) is 8. The van der Waals surface area contributed by atoms with E-state index in [9.17, 15) is 10.1 Å². The SMILES string of the molecule is CN/C(=C\[N+](=O)[O-])NCCSCc1ccc(C2OCCO2)o1. The van der Waals surface area contributed by atoms with Crippen molar-refractivity contribution in [2.24, 2.45) is 0 Å². The Morgan fingerprint density at radius 1 is 1.50 bits per heavy atom. The Morgan fingerprint density at radius 3 is 2.95 bits per heavy atom. The average molecular weight is 329 g/mol. The summed E-state index contributed by atoms with van der Waals surface area (Å²) in [5.41, 5.74) is 0. The zero-order valence-corrected chi connectivity index (χ0v) is 13.1. The van der Waals surface area contributed by atoms with Gasteiger partial charge >= 0.3 is 0 Å². The predicted molar refractivity (Wildman–Crippen MR) is 81.7 cm³/mol. The van der Waals surface area contributed by atoms with E-state index >= 15 is 0 Å². The number of nitro groups is 1. The van der Waals surface area contributed by atoms with E-state index < -0.39 is 4.92 Å². The van der Waals surface area contributed by atoms with Crippen molar-refractivity contribution in [3.05, 3.63) is 45.8 Å². The molecule has 8 nitrogen and oxygen atoms in total. The fourth-order valence-electron chi connectivity index (χ4n) is 1.86. The third kappa shape index (κ3) is 5.24. The minimum Gasteiger partial charge on any atom is -0.460 e. The topological polar surface area (TPSA) is 98.8 Å². The highest BCUT2D eigenvalue weighted by Gasteiger charge is 2.21. The van der Waals surface area contributed by atoms with Gasteiger partial charge in [-0.3, -0.25) is 10.1 Å².